The number of rotatable bonds is 2. The predicted molar refractivity (Wildman–Crippen MR) is 55.2 cm³/mol. The van der Waals surface area contributed by atoms with E-state index in [4.69, 9.17) is 0 Å². The lowest BCUT2D eigenvalue weighted by atomic mass is 10.3. The number of aromatic nitrogens is 1. The second kappa shape index (κ2) is 4.97. The van der Waals surface area contributed by atoms with Crippen molar-refractivity contribution in [3.05, 3.63) is 15.3 Å². The van der Waals surface area contributed by atoms with Gasteiger partial charge in [-0.15, -0.1) is 13.2 Å². The van der Waals surface area contributed by atoms with Crippen LogP contribution in [0.25, 0.3) is 0 Å². The van der Waals surface area contributed by atoms with Crippen molar-refractivity contribution >= 4 is 22.6 Å². The van der Waals surface area contributed by atoms with Crippen molar-refractivity contribution in [2.45, 2.75) is 12.5 Å². The van der Waals surface area contributed by atoms with Gasteiger partial charge in [0.25, 0.3) is 0 Å². The van der Waals surface area contributed by atoms with Gasteiger partial charge in [-0.1, -0.05) is 0 Å². The summed E-state index contributed by atoms with van der Waals surface area (Å²) in [6, 6.07) is 0.697. The number of nitrogens with zero attached hydrogens (tertiary/aromatic N) is 1. The summed E-state index contributed by atoms with van der Waals surface area (Å²) in [5, 5.41) is 0. The van der Waals surface area contributed by atoms with Gasteiger partial charge in [-0.2, -0.15) is 13.2 Å². The van der Waals surface area contributed by atoms with Crippen LogP contribution in [0.1, 0.15) is 5.69 Å². The summed E-state index contributed by atoms with van der Waals surface area (Å²) in [5.41, 5.74) is -1.57. The van der Waals surface area contributed by atoms with Gasteiger partial charge in [0, 0.05) is 6.07 Å². The van der Waals surface area contributed by atoms with E-state index in [0.717, 1.165) is 7.11 Å². The van der Waals surface area contributed by atoms with E-state index in [1.807, 2.05) is 0 Å². The molecule has 18 heavy (non-hydrogen) atoms. The van der Waals surface area contributed by atoms with Gasteiger partial charge in [0.1, 0.15) is 0 Å². The Kier molecular flexibility index (Phi) is 4.18. The van der Waals surface area contributed by atoms with Gasteiger partial charge >= 0.3 is 12.5 Å². The van der Waals surface area contributed by atoms with Crippen LogP contribution < -0.4 is 9.47 Å². The molecule has 0 aromatic carbocycles. The third-order valence-electron chi connectivity index (χ3n) is 1.60. The Morgan fingerprint density at radius 3 is 2.11 bits per heavy atom. The molecule has 0 saturated heterocycles. The molecular formula is C8H4F6INO2. The minimum absolute atomic E-state index is 0.198. The SMILES string of the molecule is COc1c(I)cc(OC(F)(F)F)nc1C(F)(F)F. The Balaban J connectivity index is 3.31. The van der Waals surface area contributed by atoms with Crippen LogP contribution >= 0.6 is 22.6 Å². The number of hydrogen-bond donors (Lipinski definition) is 0. The topological polar surface area (TPSA) is 31.4 Å². The average molecular weight is 387 g/mol. The van der Waals surface area contributed by atoms with Crippen molar-refractivity contribution in [2.24, 2.45) is 0 Å². The molecule has 0 N–H and O–H groups in total. The van der Waals surface area contributed by atoms with E-state index < -0.39 is 29.9 Å². The Labute approximate surface area is 110 Å². The fraction of sp³-hybridized carbons (Fsp3) is 0.375. The van der Waals surface area contributed by atoms with Gasteiger partial charge in [-0.25, -0.2) is 4.98 Å². The van der Waals surface area contributed by atoms with Crippen molar-refractivity contribution in [3.63, 3.8) is 0 Å². The Morgan fingerprint density at radius 1 is 1.17 bits per heavy atom. The maximum absolute atomic E-state index is 12.5. The predicted octanol–water partition coefficient (Wildman–Crippen LogP) is 3.61. The smallest absolute Gasteiger partial charge is 0.493 e. The molecule has 1 aromatic heterocycles. The van der Waals surface area contributed by atoms with Gasteiger partial charge < -0.3 is 9.47 Å². The van der Waals surface area contributed by atoms with Crippen LogP contribution in [0, 0.1) is 3.57 Å². The van der Waals surface area contributed by atoms with E-state index >= 15 is 0 Å². The highest BCUT2D eigenvalue weighted by Crippen LogP contribution is 2.39. The fourth-order valence-corrected chi connectivity index (χ4v) is 1.78. The lowest BCUT2D eigenvalue weighted by molar-refractivity contribution is -0.276. The van der Waals surface area contributed by atoms with Gasteiger partial charge in [0.15, 0.2) is 11.4 Å². The van der Waals surface area contributed by atoms with E-state index in [1.54, 1.807) is 0 Å². The largest absolute Gasteiger partial charge is 0.574 e. The molecular weight excluding hydrogens is 383 g/mol. The van der Waals surface area contributed by atoms with E-state index in [0.29, 0.717) is 6.07 Å². The zero-order valence-electron chi connectivity index (χ0n) is 8.49. The van der Waals surface area contributed by atoms with E-state index in [9.17, 15) is 26.3 Å². The molecule has 0 aliphatic heterocycles. The first-order chi connectivity index (χ1) is 8.04. The number of pyridine rings is 1. The average Bonchev–Trinajstić information content (AvgIpc) is 2.12. The van der Waals surface area contributed by atoms with Crippen molar-refractivity contribution in [1.29, 1.82) is 0 Å². The standard InChI is InChI=1S/C8H4F6INO2/c1-17-5-3(15)2-4(18-8(12,13)14)16-6(5)7(9,10)11/h2H,1H3. The fourth-order valence-electron chi connectivity index (χ4n) is 1.04. The van der Waals surface area contributed by atoms with Crippen LogP contribution in [-0.2, 0) is 6.18 Å². The number of ether oxygens (including phenoxy) is 2. The maximum Gasteiger partial charge on any atom is 0.574 e. The van der Waals surface area contributed by atoms with Crippen LogP contribution in [-0.4, -0.2) is 18.5 Å². The minimum Gasteiger partial charge on any atom is -0.493 e. The molecule has 0 aliphatic rings. The van der Waals surface area contributed by atoms with Gasteiger partial charge in [-0.05, 0) is 22.6 Å². The summed E-state index contributed by atoms with van der Waals surface area (Å²) in [7, 11) is 0.957. The summed E-state index contributed by atoms with van der Waals surface area (Å²) in [6.07, 6.45) is -10.1. The summed E-state index contributed by atoms with van der Waals surface area (Å²) >= 11 is 1.39. The summed E-state index contributed by atoms with van der Waals surface area (Å²) in [6.45, 7) is 0. The molecule has 0 spiro atoms. The monoisotopic (exact) mass is 387 g/mol. The summed E-state index contributed by atoms with van der Waals surface area (Å²) in [5.74, 6) is -1.85. The highest BCUT2D eigenvalue weighted by atomic mass is 127. The quantitative estimate of drug-likeness (QED) is 0.574. The third-order valence-corrected chi connectivity index (χ3v) is 2.40. The second-order valence-electron chi connectivity index (χ2n) is 2.87. The van der Waals surface area contributed by atoms with Gasteiger partial charge in [0.2, 0.25) is 5.88 Å². The lowest BCUT2D eigenvalue weighted by Gasteiger charge is -2.15. The van der Waals surface area contributed by atoms with Crippen LogP contribution in [0.15, 0.2) is 6.07 Å². The number of halogens is 7. The third kappa shape index (κ3) is 3.78. The molecule has 0 bridgehead atoms. The lowest BCUT2D eigenvalue weighted by Crippen LogP contribution is -2.20. The number of hydrogen-bond acceptors (Lipinski definition) is 3. The molecule has 0 radical (unpaired) electrons. The first-order valence-corrected chi connectivity index (χ1v) is 5.20. The molecule has 0 fully saturated rings. The summed E-state index contributed by atoms with van der Waals surface area (Å²) in [4.78, 5) is 2.76. The van der Waals surface area contributed by atoms with Crippen molar-refractivity contribution in [1.82, 2.24) is 4.98 Å². The zero-order chi connectivity index (χ0) is 14.1. The van der Waals surface area contributed by atoms with Gasteiger partial charge in [-0.3, -0.25) is 0 Å². The Hall–Kier alpha value is -0.940. The molecule has 0 saturated carbocycles. The van der Waals surface area contributed by atoms with E-state index in [1.165, 1.54) is 22.6 Å². The molecule has 1 aromatic rings. The van der Waals surface area contributed by atoms with Crippen molar-refractivity contribution < 1.29 is 35.8 Å². The number of methoxy groups -OCH3 is 1. The van der Waals surface area contributed by atoms with Crippen LogP contribution in [0.2, 0.25) is 0 Å². The van der Waals surface area contributed by atoms with Gasteiger partial charge in [0.05, 0.1) is 10.7 Å². The molecule has 1 heterocycles. The van der Waals surface area contributed by atoms with Crippen molar-refractivity contribution in [3.8, 4) is 11.6 Å². The molecule has 0 unspecified atom stereocenters. The second-order valence-corrected chi connectivity index (χ2v) is 4.03. The number of alkyl halides is 6. The van der Waals surface area contributed by atoms with E-state index in [2.05, 4.69) is 14.5 Å². The first kappa shape index (κ1) is 15.1. The first-order valence-electron chi connectivity index (χ1n) is 4.12. The Morgan fingerprint density at radius 2 is 1.72 bits per heavy atom. The summed E-state index contributed by atoms with van der Waals surface area (Å²) < 4.78 is 81.0. The van der Waals surface area contributed by atoms with E-state index in [-0.39, 0.29) is 3.57 Å². The maximum atomic E-state index is 12.5. The molecule has 102 valence electrons. The van der Waals surface area contributed by atoms with Crippen LogP contribution in [0.5, 0.6) is 11.6 Å². The Bertz CT molecular complexity index is 444. The molecule has 10 heteroatoms. The van der Waals surface area contributed by atoms with Crippen molar-refractivity contribution in [2.75, 3.05) is 7.11 Å². The molecule has 3 nitrogen and oxygen atoms in total. The molecule has 1 rings (SSSR count). The van der Waals surface area contributed by atoms with Crippen LogP contribution in [0.4, 0.5) is 26.3 Å². The van der Waals surface area contributed by atoms with Crippen LogP contribution in [0.3, 0.4) is 0 Å². The molecule has 0 atom stereocenters. The minimum atomic E-state index is -5.12. The molecule has 0 amide bonds. The normalized spacial score (nSPS) is 12.4. The highest BCUT2D eigenvalue weighted by Gasteiger charge is 2.40. The highest BCUT2D eigenvalue weighted by molar-refractivity contribution is 14.1. The molecule has 0 aliphatic carbocycles. The zero-order valence-corrected chi connectivity index (χ0v) is 10.6.